The first-order valence-corrected chi connectivity index (χ1v) is 6.73. The smallest absolute Gasteiger partial charge is 0.225 e. The molecule has 1 aromatic carbocycles. The number of amides is 1. The van der Waals surface area contributed by atoms with Gasteiger partial charge in [-0.05, 0) is 31.5 Å². The molecule has 1 aromatic rings. The number of hydrogen-bond donors (Lipinski definition) is 1. The van der Waals surface area contributed by atoms with E-state index in [0.717, 1.165) is 0 Å². The van der Waals surface area contributed by atoms with Crippen molar-refractivity contribution in [3.05, 3.63) is 35.6 Å². The summed E-state index contributed by atoms with van der Waals surface area (Å²) in [5.74, 6) is -0.556. The summed E-state index contributed by atoms with van der Waals surface area (Å²) in [6, 6.07) is 5.70. The Labute approximate surface area is 118 Å². The van der Waals surface area contributed by atoms with Crippen molar-refractivity contribution in [2.24, 2.45) is 0 Å². The van der Waals surface area contributed by atoms with E-state index in [0.29, 0.717) is 25.3 Å². The van der Waals surface area contributed by atoms with Gasteiger partial charge in [-0.2, -0.15) is 0 Å². The molecule has 2 rings (SSSR count). The number of halogens is 1. The number of carbonyl (C=O) groups is 1. The van der Waals surface area contributed by atoms with E-state index in [-0.39, 0.29) is 17.9 Å². The van der Waals surface area contributed by atoms with Gasteiger partial charge in [0, 0.05) is 13.1 Å². The van der Waals surface area contributed by atoms with Crippen LogP contribution in [0.3, 0.4) is 0 Å². The summed E-state index contributed by atoms with van der Waals surface area (Å²) in [7, 11) is 0. The Morgan fingerprint density at radius 1 is 1.55 bits per heavy atom. The summed E-state index contributed by atoms with van der Waals surface area (Å²) in [6.07, 6.45) is -1.02. The number of nitrogens with zero attached hydrogens (tertiary/aromatic N) is 1. The highest BCUT2D eigenvalue weighted by atomic mass is 19.1. The maximum absolute atomic E-state index is 13.1. The molecule has 1 aliphatic rings. The van der Waals surface area contributed by atoms with Crippen LogP contribution in [0.15, 0.2) is 24.3 Å². The van der Waals surface area contributed by atoms with E-state index < -0.39 is 11.9 Å². The molecule has 1 fully saturated rings. The Bertz CT molecular complexity index is 490. The lowest BCUT2D eigenvalue weighted by Gasteiger charge is -2.38. The summed E-state index contributed by atoms with van der Waals surface area (Å²) in [5, 5.41) is 10.0. The van der Waals surface area contributed by atoms with Crippen molar-refractivity contribution in [2.45, 2.75) is 32.0 Å². The van der Waals surface area contributed by atoms with Crippen molar-refractivity contribution in [2.75, 3.05) is 19.7 Å². The summed E-state index contributed by atoms with van der Waals surface area (Å²) in [6.45, 7) is 5.37. The fourth-order valence-electron chi connectivity index (χ4n) is 2.36. The summed E-state index contributed by atoms with van der Waals surface area (Å²) in [4.78, 5) is 13.9. The molecule has 5 heteroatoms. The molecule has 110 valence electrons. The van der Waals surface area contributed by atoms with Gasteiger partial charge >= 0.3 is 0 Å². The van der Waals surface area contributed by atoms with E-state index in [2.05, 4.69) is 0 Å². The lowest BCUT2D eigenvalue weighted by atomic mass is 10.0. The van der Waals surface area contributed by atoms with Crippen LogP contribution >= 0.6 is 0 Å². The third kappa shape index (κ3) is 3.77. The molecule has 0 radical (unpaired) electrons. The fourth-order valence-corrected chi connectivity index (χ4v) is 2.36. The molecule has 1 saturated heterocycles. The molecule has 0 aliphatic carbocycles. The van der Waals surface area contributed by atoms with Crippen molar-refractivity contribution >= 4 is 5.91 Å². The highest BCUT2D eigenvalue weighted by Crippen LogP contribution is 2.21. The van der Waals surface area contributed by atoms with Crippen LogP contribution in [0.4, 0.5) is 4.39 Å². The van der Waals surface area contributed by atoms with Gasteiger partial charge in [0.2, 0.25) is 5.91 Å². The topological polar surface area (TPSA) is 49.8 Å². The summed E-state index contributed by atoms with van der Waals surface area (Å²) in [5.41, 5.74) is 0.0587. The Morgan fingerprint density at radius 2 is 2.30 bits per heavy atom. The average Bonchev–Trinajstić information content (AvgIpc) is 2.37. The van der Waals surface area contributed by atoms with Crippen molar-refractivity contribution in [1.82, 2.24) is 4.90 Å². The lowest BCUT2D eigenvalue weighted by molar-refractivity contribution is -0.147. The maximum Gasteiger partial charge on any atom is 0.225 e. The number of hydrogen-bond acceptors (Lipinski definition) is 3. The molecule has 1 N–H and O–H groups in total. The number of ether oxygens (including phenoxy) is 1. The number of benzene rings is 1. The van der Waals surface area contributed by atoms with E-state index in [1.807, 2.05) is 13.8 Å². The molecule has 1 unspecified atom stereocenters. The largest absolute Gasteiger partial charge is 0.388 e. The van der Waals surface area contributed by atoms with E-state index in [1.165, 1.54) is 18.2 Å². The third-order valence-electron chi connectivity index (χ3n) is 3.38. The first-order valence-electron chi connectivity index (χ1n) is 6.73. The molecule has 1 aliphatic heterocycles. The van der Waals surface area contributed by atoms with Gasteiger partial charge < -0.3 is 14.7 Å². The van der Waals surface area contributed by atoms with E-state index >= 15 is 0 Å². The van der Waals surface area contributed by atoms with Crippen LogP contribution in [0.5, 0.6) is 0 Å². The quantitative estimate of drug-likeness (QED) is 0.920. The van der Waals surface area contributed by atoms with Gasteiger partial charge in [-0.25, -0.2) is 4.39 Å². The van der Waals surface area contributed by atoms with Gasteiger partial charge in [0.05, 0.1) is 24.7 Å². The minimum atomic E-state index is -0.982. The number of carbonyl (C=O) groups excluding carboxylic acids is 1. The fraction of sp³-hybridized carbons (Fsp3) is 0.533. The first kappa shape index (κ1) is 14.9. The van der Waals surface area contributed by atoms with E-state index in [1.54, 1.807) is 11.0 Å². The van der Waals surface area contributed by atoms with Gasteiger partial charge in [0.15, 0.2) is 0 Å². The van der Waals surface area contributed by atoms with Crippen LogP contribution in [0.2, 0.25) is 0 Å². The predicted octanol–water partition coefficient (Wildman–Crippen LogP) is 1.89. The summed E-state index contributed by atoms with van der Waals surface area (Å²) >= 11 is 0. The second kappa shape index (κ2) is 5.89. The van der Waals surface area contributed by atoms with Crippen molar-refractivity contribution in [3.8, 4) is 0 Å². The zero-order valence-electron chi connectivity index (χ0n) is 11.8. The van der Waals surface area contributed by atoms with Gasteiger partial charge in [0.1, 0.15) is 5.82 Å². The zero-order chi connectivity index (χ0) is 14.8. The molecule has 0 aromatic heterocycles. The Morgan fingerprint density at radius 3 is 2.95 bits per heavy atom. The Kier molecular flexibility index (Phi) is 4.40. The molecular weight excluding hydrogens is 261 g/mol. The Hall–Kier alpha value is -1.46. The van der Waals surface area contributed by atoms with Gasteiger partial charge in [0.25, 0.3) is 0 Å². The first-order chi connectivity index (χ1) is 9.37. The molecule has 1 heterocycles. The van der Waals surface area contributed by atoms with Crippen LogP contribution in [0.1, 0.15) is 31.9 Å². The average molecular weight is 281 g/mol. The number of aliphatic hydroxyl groups is 1. The number of morpholine rings is 1. The minimum absolute atomic E-state index is 0.0421. The molecule has 1 atom stereocenters. The van der Waals surface area contributed by atoms with Gasteiger partial charge in [-0.15, -0.1) is 0 Å². The van der Waals surface area contributed by atoms with Crippen molar-refractivity contribution < 1.29 is 19.0 Å². The second-order valence-electron chi connectivity index (χ2n) is 5.70. The predicted molar refractivity (Wildman–Crippen MR) is 72.6 cm³/mol. The highest BCUT2D eigenvalue weighted by Gasteiger charge is 2.30. The van der Waals surface area contributed by atoms with Gasteiger partial charge in [-0.3, -0.25) is 4.79 Å². The van der Waals surface area contributed by atoms with Crippen molar-refractivity contribution in [3.63, 3.8) is 0 Å². The molecule has 4 nitrogen and oxygen atoms in total. The lowest BCUT2D eigenvalue weighted by Crippen LogP contribution is -2.50. The SMILES string of the molecule is CC1(C)CN(C(=O)CC(O)c2cccc(F)c2)CCO1. The zero-order valence-corrected chi connectivity index (χ0v) is 11.8. The Balaban J connectivity index is 1.97. The molecule has 0 spiro atoms. The monoisotopic (exact) mass is 281 g/mol. The van der Waals surface area contributed by atoms with Crippen LogP contribution in [-0.4, -0.2) is 41.2 Å². The van der Waals surface area contributed by atoms with E-state index in [9.17, 15) is 14.3 Å². The number of rotatable bonds is 3. The van der Waals surface area contributed by atoms with Crippen LogP contribution < -0.4 is 0 Å². The summed E-state index contributed by atoms with van der Waals surface area (Å²) < 4.78 is 18.6. The second-order valence-corrected chi connectivity index (χ2v) is 5.70. The number of aliphatic hydroxyl groups excluding tert-OH is 1. The van der Waals surface area contributed by atoms with Crippen LogP contribution in [0.25, 0.3) is 0 Å². The van der Waals surface area contributed by atoms with Gasteiger partial charge in [-0.1, -0.05) is 12.1 Å². The molecular formula is C15H20FNO3. The molecule has 1 amide bonds. The molecule has 0 bridgehead atoms. The molecule has 20 heavy (non-hydrogen) atoms. The highest BCUT2D eigenvalue weighted by molar-refractivity contribution is 5.77. The molecule has 0 saturated carbocycles. The van der Waals surface area contributed by atoms with Crippen LogP contribution in [0, 0.1) is 5.82 Å². The van der Waals surface area contributed by atoms with E-state index in [4.69, 9.17) is 4.74 Å². The van der Waals surface area contributed by atoms with Crippen LogP contribution in [-0.2, 0) is 9.53 Å². The standard InChI is InChI=1S/C15H20FNO3/c1-15(2)10-17(6-7-20-15)14(19)9-13(18)11-4-3-5-12(16)8-11/h3-5,8,13,18H,6-7,9-10H2,1-2H3. The van der Waals surface area contributed by atoms with Crippen molar-refractivity contribution in [1.29, 1.82) is 0 Å². The minimum Gasteiger partial charge on any atom is -0.388 e. The third-order valence-corrected chi connectivity index (χ3v) is 3.38. The normalized spacial score (nSPS) is 19.7. The maximum atomic E-state index is 13.1.